The molecule has 0 spiro atoms. The number of rotatable bonds is 3. The Morgan fingerprint density at radius 1 is 1.44 bits per heavy atom. The van der Waals surface area contributed by atoms with Gasteiger partial charge in [-0.25, -0.2) is 4.79 Å². The monoisotopic (exact) mass is 218 g/mol. The molecule has 1 N–H and O–H groups in total. The minimum absolute atomic E-state index is 0.00342. The molecule has 1 heterocycles. The van der Waals surface area contributed by atoms with E-state index in [1.54, 1.807) is 6.07 Å². The lowest BCUT2D eigenvalue weighted by Crippen LogP contribution is -1.91. The van der Waals surface area contributed by atoms with Gasteiger partial charge >= 0.3 is 5.97 Å². The van der Waals surface area contributed by atoms with Crippen molar-refractivity contribution in [1.29, 1.82) is 0 Å². The fourth-order valence-corrected chi connectivity index (χ4v) is 1.71. The minimum atomic E-state index is -1.03. The Kier molecular flexibility index (Phi) is 2.69. The molecule has 16 heavy (non-hydrogen) atoms. The number of furan rings is 1. The third kappa shape index (κ3) is 1.81. The summed E-state index contributed by atoms with van der Waals surface area (Å²) in [5.74, 6) is -0.551. The molecule has 0 saturated heterocycles. The van der Waals surface area contributed by atoms with Crippen LogP contribution < -0.4 is 0 Å². The van der Waals surface area contributed by atoms with Crippen LogP contribution in [-0.2, 0) is 0 Å². The van der Waals surface area contributed by atoms with Crippen molar-refractivity contribution in [3.63, 3.8) is 0 Å². The first-order chi connectivity index (χ1) is 7.61. The van der Waals surface area contributed by atoms with Crippen molar-refractivity contribution in [2.24, 2.45) is 0 Å². The van der Waals surface area contributed by atoms with E-state index in [1.807, 2.05) is 18.2 Å². The Labute approximate surface area is 93.7 Å². The standard InChI is InChI=1S/C13H14O3/c1-3-8(2)9-4-5-11-10(6-9)7-12(16-11)13(14)15/h4-8H,3H2,1-2H3,(H,14,15). The van der Waals surface area contributed by atoms with Gasteiger partial charge in [-0.05, 0) is 36.1 Å². The van der Waals surface area contributed by atoms with Gasteiger partial charge in [0.1, 0.15) is 5.58 Å². The number of carboxylic acids is 1. The molecule has 0 saturated carbocycles. The van der Waals surface area contributed by atoms with Crippen molar-refractivity contribution >= 4 is 16.9 Å². The zero-order chi connectivity index (χ0) is 11.7. The van der Waals surface area contributed by atoms with Crippen LogP contribution in [0.3, 0.4) is 0 Å². The molecule has 84 valence electrons. The quantitative estimate of drug-likeness (QED) is 0.855. The van der Waals surface area contributed by atoms with Crippen LogP contribution in [0.25, 0.3) is 11.0 Å². The maximum Gasteiger partial charge on any atom is 0.371 e. The molecular weight excluding hydrogens is 204 g/mol. The van der Waals surface area contributed by atoms with Crippen LogP contribution in [0.4, 0.5) is 0 Å². The van der Waals surface area contributed by atoms with E-state index in [2.05, 4.69) is 13.8 Å². The maximum atomic E-state index is 10.8. The van der Waals surface area contributed by atoms with Gasteiger partial charge in [-0.15, -0.1) is 0 Å². The normalized spacial score (nSPS) is 12.9. The first-order valence-electron chi connectivity index (χ1n) is 5.38. The largest absolute Gasteiger partial charge is 0.475 e. The van der Waals surface area contributed by atoms with Gasteiger partial charge in [0.05, 0.1) is 0 Å². The Morgan fingerprint density at radius 3 is 2.81 bits per heavy atom. The zero-order valence-electron chi connectivity index (χ0n) is 9.36. The minimum Gasteiger partial charge on any atom is -0.475 e. The first kappa shape index (κ1) is 10.7. The average molecular weight is 218 g/mol. The summed E-state index contributed by atoms with van der Waals surface area (Å²) >= 11 is 0. The number of aromatic carboxylic acids is 1. The Bertz CT molecular complexity index is 525. The summed E-state index contributed by atoms with van der Waals surface area (Å²) in [7, 11) is 0. The van der Waals surface area contributed by atoms with Crippen molar-refractivity contribution in [3.8, 4) is 0 Å². The van der Waals surface area contributed by atoms with Gasteiger partial charge in [0.2, 0.25) is 5.76 Å². The lowest BCUT2D eigenvalue weighted by molar-refractivity contribution is 0.0665. The van der Waals surface area contributed by atoms with Crippen LogP contribution in [0, 0.1) is 0 Å². The molecule has 1 unspecified atom stereocenters. The number of hydrogen-bond acceptors (Lipinski definition) is 2. The summed E-state index contributed by atoms with van der Waals surface area (Å²) in [6, 6.07) is 7.40. The predicted octanol–water partition coefficient (Wildman–Crippen LogP) is 3.64. The molecule has 0 aliphatic heterocycles. The lowest BCUT2D eigenvalue weighted by atomic mass is 9.98. The summed E-state index contributed by atoms with van der Waals surface area (Å²) in [5.41, 5.74) is 1.84. The van der Waals surface area contributed by atoms with Gasteiger partial charge in [-0.2, -0.15) is 0 Å². The van der Waals surface area contributed by atoms with E-state index in [9.17, 15) is 4.79 Å². The van der Waals surface area contributed by atoms with Crippen molar-refractivity contribution in [2.45, 2.75) is 26.2 Å². The number of hydrogen-bond donors (Lipinski definition) is 1. The van der Waals surface area contributed by atoms with E-state index in [0.717, 1.165) is 11.8 Å². The SMILES string of the molecule is CCC(C)c1ccc2oc(C(=O)O)cc2c1. The highest BCUT2D eigenvalue weighted by Gasteiger charge is 2.11. The van der Waals surface area contributed by atoms with E-state index < -0.39 is 5.97 Å². The predicted molar refractivity (Wildman–Crippen MR) is 61.9 cm³/mol. The smallest absolute Gasteiger partial charge is 0.371 e. The topological polar surface area (TPSA) is 50.4 Å². The highest BCUT2D eigenvalue weighted by atomic mass is 16.4. The van der Waals surface area contributed by atoms with E-state index in [4.69, 9.17) is 9.52 Å². The Morgan fingerprint density at radius 2 is 2.19 bits per heavy atom. The number of fused-ring (bicyclic) bond motifs is 1. The molecular formula is C13H14O3. The zero-order valence-corrected chi connectivity index (χ0v) is 9.36. The van der Waals surface area contributed by atoms with Gasteiger partial charge in [-0.1, -0.05) is 19.9 Å². The summed E-state index contributed by atoms with van der Waals surface area (Å²) in [6.07, 6.45) is 1.06. The molecule has 1 atom stereocenters. The van der Waals surface area contributed by atoms with Crippen molar-refractivity contribution in [2.75, 3.05) is 0 Å². The third-order valence-corrected chi connectivity index (χ3v) is 2.93. The first-order valence-corrected chi connectivity index (χ1v) is 5.38. The van der Waals surface area contributed by atoms with Gasteiger partial charge in [0.25, 0.3) is 0 Å². The average Bonchev–Trinajstić information content (AvgIpc) is 2.70. The number of carboxylic acid groups (broad SMARTS) is 1. The molecule has 0 fully saturated rings. The molecule has 2 aromatic rings. The molecule has 1 aromatic heterocycles. The van der Waals surface area contributed by atoms with E-state index in [0.29, 0.717) is 11.5 Å². The molecule has 0 bridgehead atoms. The Balaban J connectivity index is 2.49. The summed E-state index contributed by atoms with van der Waals surface area (Å²) in [6.45, 7) is 4.28. The number of carbonyl (C=O) groups is 1. The van der Waals surface area contributed by atoms with Gasteiger partial charge < -0.3 is 9.52 Å². The molecule has 0 radical (unpaired) electrons. The highest BCUT2D eigenvalue weighted by Crippen LogP contribution is 2.25. The van der Waals surface area contributed by atoms with Crippen molar-refractivity contribution < 1.29 is 14.3 Å². The molecule has 0 aliphatic carbocycles. The van der Waals surface area contributed by atoms with Gasteiger partial charge in [0, 0.05) is 5.39 Å². The van der Waals surface area contributed by atoms with E-state index >= 15 is 0 Å². The molecule has 0 amide bonds. The van der Waals surface area contributed by atoms with Crippen LogP contribution in [-0.4, -0.2) is 11.1 Å². The van der Waals surface area contributed by atoms with Crippen LogP contribution in [0.15, 0.2) is 28.7 Å². The maximum absolute atomic E-state index is 10.8. The van der Waals surface area contributed by atoms with Gasteiger partial charge in [-0.3, -0.25) is 0 Å². The van der Waals surface area contributed by atoms with Crippen LogP contribution in [0.1, 0.15) is 42.3 Å². The lowest BCUT2D eigenvalue weighted by Gasteiger charge is -2.07. The fraction of sp³-hybridized carbons (Fsp3) is 0.308. The van der Waals surface area contributed by atoms with Crippen LogP contribution in [0.5, 0.6) is 0 Å². The fourth-order valence-electron chi connectivity index (χ4n) is 1.71. The number of benzene rings is 1. The second kappa shape index (κ2) is 4.00. The highest BCUT2D eigenvalue weighted by molar-refractivity contribution is 5.91. The third-order valence-electron chi connectivity index (χ3n) is 2.93. The van der Waals surface area contributed by atoms with Crippen LogP contribution in [0.2, 0.25) is 0 Å². The summed E-state index contributed by atoms with van der Waals surface area (Å²) < 4.78 is 5.20. The van der Waals surface area contributed by atoms with E-state index in [-0.39, 0.29) is 5.76 Å². The van der Waals surface area contributed by atoms with Crippen molar-refractivity contribution in [3.05, 3.63) is 35.6 Å². The molecule has 3 nitrogen and oxygen atoms in total. The molecule has 0 aliphatic rings. The summed E-state index contributed by atoms with van der Waals surface area (Å²) in [5, 5.41) is 9.67. The molecule has 3 heteroatoms. The van der Waals surface area contributed by atoms with Crippen molar-refractivity contribution in [1.82, 2.24) is 0 Å². The second-order valence-electron chi connectivity index (χ2n) is 4.02. The Hall–Kier alpha value is -1.77. The molecule has 2 rings (SSSR count). The molecule has 1 aromatic carbocycles. The summed E-state index contributed by atoms with van der Waals surface area (Å²) in [4.78, 5) is 10.8. The van der Waals surface area contributed by atoms with Crippen LogP contribution >= 0.6 is 0 Å². The second-order valence-corrected chi connectivity index (χ2v) is 4.02. The van der Waals surface area contributed by atoms with Gasteiger partial charge in [0.15, 0.2) is 0 Å². The van der Waals surface area contributed by atoms with E-state index in [1.165, 1.54) is 5.56 Å².